The van der Waals surface area contributed by atoms with E-state index in [1.54, 1.807) is 14.7 Å². The van der Waals surface area contributed by atoms with Crippen LogP contribution in [0.1, 0.15) is 239 Å². The van der Waals surface area contributed by atoms with Gasteiger partial charge < -0.3 is 150 Å². The van der Waals surface area contributed by atoms with E-state index in [0.29, 0.717) is 83.6 Å². The molecule has 141 heavy (non-hydrogen) atoms. The number of nitrogens with one attached hydrogen (secondary N) is 6. The van der Waals surface area contributed by atoms with E-state index in [0.717, 1.165) is 51.6 Å². The number of aliphatic hydroxyl groups is 10. The van der Waals surface area contributed by atoms with Gasteiger partial charge in [0.1, 0.15) is 73.1 Å². The summed E-state index contributed by atoms with van der Waals surface area (Å²) in [4.78, 5) is 163. The molecule has 0 radical (unpaired) electrons. The molecule has 0 aromatic rings. The smallest absolute Gasteiger partial charge is 0.396 e. The van der Waals surface area contributed by atoms with Crippen LogP contribution in [0.2, 0.25) is 0 Å². The summed E-state index contributed by atoms with van der Waals surface area (Å²) in [5.74, 6) is -3.09. The lowest BCUT2D eigenvalue weighted by atomic mass is 9.80. The number of likely N-dealkylation sites (tertiary alicyclic amines) is 3. The lowest BCUT2D eigenvalue weighted by Gasteiger charge is -2.43. The van der Waals surface area contributed by atoms with Gasteiger partial charge in [-0.15, -0.1) is 0 Å². The molecule has 0 bridgehead atoms. The van der Waals surface area contributed by atoms with Crippen molar-refractivity contribution < 1.29 is 192 Å². The number of hydrogen-bond acceptors (Lipinski definition) is 36. The summed E-state index contributed by atoms with van der Waals surface area (Å²) >= 11 is 0. The molecule has 20 N–H and O–H groups in total. The van der Waals surface area contributed by atoms with Gasteiger partial charge in [-0.25, -0.2) is 13.7 Å². The molecule has 818 valence electrons. The topological polar surface area (TPSA) is 707 Å². The number of aliphatic hydroxyl groups excluding tert-OH is 10. The number of ether oxygens (including phenoxy) is 6. The molecule has 0 aromatic heterocycles. The van der Waals surface area contributed by atoms with Gasteiger partial charge in [-0.2, -0.15) is 0 Å². The highest BCUT2D eigenvalue weighted by atomic mass is 31.2. The van der Waals surface area contributed by atoms with Gasteiger partial charge in [0.05, 0.1) is 92.5 Å². The standard InChI is InChI=1S/C88H161N9O40P4/c1-62(102)92-74-80(114)77(111)65(53-98)135-83(74)125-48-24-27-68(105)89-39-19-13-16-30-71(108)95-42-33-86(56-101,34-43-95)57-130-140(121,122)132-60-88(37-46-97(47-38-88)73(110)32-18-15-21-41-91-70(107)29-26-50-127-85-76(94-64(3)104)82(116)79(113)67(55-100)137-85)61-134-141(123,124)133-59-87(58-131-139(119,120)129-52-23-12-10-8-6-5-7-9-11-22-51-128-138(4,117)118)35-44-96(45-36-87)72(109)31-17-14-20-40-90-69(106)28-25-49-126-84-75(93-63(2)103)81(115)78(112)66(54-99)136-84/h65-67,74-85,98-101,111-116H,5-61H2,1-4H3,(H,89,105)(H,90,106)(H,91,107)(H,92,102)(H,93,103)(H,94,104)(H,117,118)(H,119,120)(H,121,122)(H,123,124). The number of rotatable bonds is 70. The number of phosphoric acid groups is 3. The summed E-state index contributed by atoms with van der Waals surface area (Å²) in [7, 11) is -18.6. The SMILES string of the molecule is CC(=O)NC1C(OCCCC(=O)NCCCCCC(=O)N2CCC(CO)(COP(=O)(O)OCC3(COP(=O)(O)OCC4(COP(=O)(O)OCCCCCCCCCCCCOP(C)(=O)O)CCN(C(=O)CCCCCNC(=O)CCCOC5OC(CO)C(O)C(O)C5NC(C)=O)CC4)CCN(C(=O)CCCCCNC(=O)CCCOC4OC(CO)C(O)C(O)C4NC(C)=O)CC3)CC2)OC(CO)C(O)C1O. The maximum absolute atomic E-state index is 14.4. The zero-order chi connectivity index (χ0) is 104. The average Bonchev–Trinajstić information content (AvgIpc) is 0.997. The van der Waals surface area contributed by atoms with Gasteiger partial charge in [0.15, 0.2) is 18.9 Å². The van der Waals surface area contributed by atoms with Crippen LogP contribution in [0.25, 0.3) is 0 Å². The van der Waals surface area contributed by atoms with Crippen molar-refractivity contribution in [3.8, 4) is 0 Å². The van der Waals surface area contributed by atoms with Gasteiger partial charge in [0.25, 0.3) is 0 Å². The van der Waals surface area contributed by atoms with Crippen molar-refractivity contribution in [2.45, 2.75) is 331 Å². The first-order chi connectivity index (χ1) is 66.9. The van der Waals surface area contributed by atoms with E-state index in [1.807, 2.05) is 0 Å². The fourth-order valence-electron chi connectivity index (χ4n) is 17.2. The molecule has 53 heteroatoms. The number of amides is 9. The molecule has 19 unspecified atom stereocenters. The number of phosphoric ester groups is 3. The summed E-state index contributed by atoms with van der Waals surface area (Å²) < 4.78 is 126. The maximum atomic E-state index is 14.4. The molecule has 6 aliphatic rings. The van der Waals surface area contributed by atoms with Crippen LogP contribution < -0.4 is 31.9 Å². The first-order valence-electron chi connectivity index (χ1n) is 49.5. The van der Waals surface area contributed by atoms with E-state index in [-0.39, 0.29) is 217 Å². The number of nitrogens with zero attached hydrogens (tertiary/aromatic N) is 3. The van der Waals surface area contributed by atoms with Crippen LogP contribution in [-0.4, -0.2) is 388 Å². The zero-order valence-corrected chi connectivity index (χ0v) is 85.5. The number of hydrogen-bond donors (Lipinski definition) is 20. The largest absolute Gasteiger partial charge is 0.472 e. The molecule has 6 rings (SSSR count). The van der Waals surface area contributed by atoms with E-state index >= 15 is 0 Å². The van der Waals surface area contributed by atoms with Crippen molar-refractivity contribution in [3.05, 3.63) is 0 Å². The Morgan fingerprint density at radius 2 is 0.567 bits per heavy atom. The minimum atomic E-state index is -5.21. The highest BCUT2D eigenvalue weighted by Crippen LogP contribution is 2.54. The van der Waals surface area contributed by atoms with E-state index in [4.69, 9.17) is 60.1 Å². The lowest BCUT2D eigenvalue weighted by Crippen LogP contribution is -2.64. The van der Waals surface area contributed by atoms with Crippen molar-refractivity contribution in [2.24, 2.45) is 16.2 Å². The third kappa shape index (κ3) is 46.8. The zero-order valence-electron chi connectivity index (χ0n) is 82.0. The minimum Gasteiger partial charge on any atom is -0.396 e. The lowest BCUT2D eigenvalue weighted by molar-refractivity contribution is -0.270. The second-order valence-corrected chi connectivity index (χ2v) is 44.0. The Kier molecular flexibility index (Phi) is 57.0. The van der Waals surface area contributed by atoms with Crippen LogP contribution in [-0.2, 0) is 121 Å². The second-order valence-electron chi connectivity index (χ2n) is 37.8. The van der Waals surface area contributed by atoms with Crippen molar-refractivity contribution >= 4 is 84.2 Å². The van der Waals surface area contributed by atoms with Crippen LogP contribution in [0.3, 0.4) is 0 Å². The van der Waals surface area contributed by atoms with Gasteiger partial charge in [0.2, 0.25) is 53.2 Å². The Morgan fingerprint density at radius 1 is 0.319 bits per heavy atom. The Labute approximate surface area is 824 Å². The van der Waals surface area contributed by atoms with E-state index in [2.05, 4.69) is 31.9 Å². The highest BCUT2D eigenvalue weighted by Gasteiger charge is 2.51. The van der Waals surface area contributed by atoms with Crippen LogP contribution >= 0.6 is 31.1 Å². The molecule has 6 aliphatic heterocycles. The van der Waals surface area contributed by atoms with Crippen molar-refractivity contribution in [3.63, 3.8) is 0 Å². The molecular weight excluding hydrogens is 1950 g/mol. The van der Waals surface area contributed by atoms with Gasteiger partial charge in [-0.05, 0) is 109 Å². The van der Waals surface area contributed by atoms with Gasteiger partial charge in [-0.1, -0.05) is 70.6 Å². The molecule has 0 aliphatic carbocycles. The predicted molar refractivity (Wildman–Crippen MR) is 501 cm³/mol. The molecule has 6 fully saturated rings. The third-order valence-corrected chi connectivity index (χ3v) is 29.5. The molecular formula is C88H161N9O40P4. The van der Waals surface area contributed by atoms with Crippen LogP contribution in [0.5, 0.6) is 0 Å². The van der Waals surface area contributed by atoms with E-state index in [1.165, 1.54) is 20.8 Å². The average molecular weight is 2110 g/mol. The summed E-state index contributed by atoms with van der Waals surface area (Å²) in [6.07, 6.45) is -1.81. The summed E-state index contributed by atoms with van der Waals surface area (Å²) in [6, 6.07) is -3.42. The van der Waals surface area contributed by atoms with Gasteiger partial charge in [-0.3, -0.25) is 74.9 Å². The molecule has 0 saturated carbocycles. The first kappa shape index (κ1) is 125. The Balaban J connectivity index is 1.02. The van der Waals surface area contributed by atoms with Crippen molar-refractivity contribution in [1.82, 2.24) is 46.6 Å². The number of unbranched alkanes of at least 4 members (excludes halogenated alkanes) is 15. The molecule has 0 spiro atoms. The number of carbonyl (C=O) groups excluding carboxylic acids is 9. The molecule has 0 aromatic carbocycles. The summed E-state index contributed by atoms with van der Waals surface area (Å²) in [5, 5.41) is 118. The van der Waals surface area contributed by atoms with Crippen LogP contribution in [0.4, 0.5) is 0 Å². The van der Waals surface area contributed by atoms with Crippen LogP contribution in [0.15, 0.2) is 0 Å². The van der Waals surface area contributed by atoms with E-state index < -0.39 is 216 Å². The number of carbonyl (C=O) groups is 9. The van der Waals surface area contributed by atoms with Gasteiger partial charge in [0, 0.05) is 141 Å². The van der Waals surface area contributed by atoms with Gasteiger partial charge >= 0.3 is 31.1 Å². The Morgan fingerprint density at radius 3 is 0.830 bits per heavy atom. The summed E-state index contributed by atoms with van der Waals surface area (Å²) in [6.45, 7) is 0.768. The molecule has 9 amide bonds. The fourth-order valence-corrected chi connectivity index (χ4v) is 20.5. The van der Waals surface area contributed by atoms with E-state index in [9.17, 15) is 132 Å². The van der Waals surface area contributed by atoms with Crippen molar-refractivity contribution in [1.29, 1.82) is 0 Å². The molecule has 49 nitrogen and oxygen atoms in total. The Bertz CT molecular complexity index is 3930. The van der Waals surface area contributed by atoms with Crippen molar-refractivity contribution in [2.75, 3.05) is 158 Å². The fraction of sp³-hybridized carbons (Fsp3) is 0.898. The predicted octanol–water partition coefficient (Wildman–Crippen LogP) is 1.19. The van der Waals surface area contributed by atoms with Crippen LogP contribution in [0, 0.1) is 16.2 Å². The Hall–Kier alpha value is -4.93. The molecule has 6 saturated heterocycles. The third-order valence-electron chi connectivity index (χ3n) is 26.1. The number of piperidine rings is 3. The highest BCUT2D eigenvalue weighted by molar-refractivity contribution is 7.51. The maximum Gasteiger partial charge on any atom is 0.472 e. The first-order valence-corrected chi connectivity index (χ1v) is 56.0. The quantitative estimate of drug-likeness (QED) is 0.0300. The minimum absolute atomic E-state index is 0.00915. The normalized spacial score (nSPS) is 26.3. The second kappa shape index (κ2) is 64.5. The molecule has 19 atom stereocenters. The summed E-state index contributed by atoms with van der Waals surface area (Å²) in [5.41, 5.74) is -3.82. The monoisotopic (exact) mass is 2110 g/mol. The molecule has 6 heterocycles.